The second-order valence-electron chi connectivity index (χ2n) is 3.61. The summed E-state index contributed by atoms with van der Waals surface area (Å²) >= 11 is 2.97. The zero-order valence-electron chi connectivity index (χ0n) is 9.36. The van der Waals surface area contributed by atoms with Crippen LogP contribution in [0, 0.1) is 11.3 Å². The summed E-state index contributed by atoms with van der Waals surface area (Å²) in [6.45, 7) is 0. The topological polar surface area (TPSA) is 73.5 Å². The molecule has 0 amide bonds. The lowest BCUT2D eigenvalue weighted by Crippen LogP contribution is -2.19. The summed E-state index contributed by atoms with van der Waals surface area (Å²) in [5, 5.41) is 27.6. The van der Waals surface area contributed by atoms with E-state index in [4.69, 9.17) is 5.26 Å². The summed E-state index contributed by atoms with van der Waals surface area (Å²) < 4.78 is 39.8. The van der Waals surface area contributed by atoms with Gasteiger partial charge in [-0.3, -0.25) is 0 Å². The van der Waals surface area contributed by atoms with E-state index >= 15 is 0 Å². The van der Waals surface area contributed by atoms with Crippen LogP contribution in [0.15, 0.2) is 22.7 Å². The van der Waals surface area contributed by atoms with Crippen LogP contribution in [0.4, 0.5) is 13.2 Å². The quantitative estimate of drug-likeness (QED) is 0.884. The lowest BCUT2D eigenvalue weighted by atomic mass is 10.0. The first-order chi connectivity index (χ1) is 8.74. The first-order valence-corrected chi connectivity index (χ1v) is 5.82. The van der Waals surface area contributed by atoms with Crippen molar-refractivity contribution in [3.8, 4) is 11.8 Å². The summed E-state index contributed by atoms with van der Waals surface area (Å²) in [5.74, 6) is -0.454. The van der Waals surface area contributed by atoms with E-state index in [0.717, 1.165) is 12.1 Å². The van der Waals surface area contributed by atoms with Gasteiger partial charge in [-0.05, 0) is 17.7 Å². The number of nitriles is 1. The number of aliphatic hydroxyl groups is 2. The maximum Gasteiger partial charge on any atom is 0.573 e. The molecule has 0 aliphatic rings. The second kappa shape index (κ2) is 6.23. The van der Waals surface area contributed by atoms with Gasteiger partial charge in [0, 0.05) is 4.47 Å². The molecule has 1 aromatic rings. The molecular formula is C11H9BrF3NO3. The fourth-order valence-electron chi connectivity index (χ4n) is 1.36. The second-order valence-corrected chi connectivity index (χ2v) is 4.46. The van der Waals surface area contributed by atoms with Gasteiger partial charge in [0.25, 0.3) is 0 Å². The van der Waals surface area contributed by atoms with Gasteiger partial charge >= 0.3 is 6.36 Å². The molecule has 4 nitrogen and oxygen atoms in total. The third-order valence-electron chi connectivity index (χ3n) is 2.19. The summed E-state index contributed by atoms with van der Waals surface area (Å²) in [4.78, 5) is 0. The number of halogens is 4. The predicted octanol–water partition coefficient (Wildman–Crippen LogP) is 2.66. The largest absolute Gasteiger partial charge is 0.573 e. The van der Waals surface area contributed by atoms with Crippen LogP contribution < -0.4 is 4.74 Å². The van der Waals surface area contributed by atoms with Crippen LogP contribution in [0.3, 0.4) is 0 Å². The number of rotatable bonds is 4. The van der Waals surface area contributed by atoms with Crippen LogP contribution in [0.1, 0.15) is 18.1 Å². The molecule has 0 fully saturated rings. The van der Waals surface area contributed by atoms with Crippen molar-refractivity contribution in [2.75, 3.05) is 0 Å². The Hall–Kier alpha value is -1.30. The van der Waals surface area contributed by atoms with Crippen LogP contribution in [-0.4, -0.2) is 22.7 Å². The molecule has 0 aliphatic heterocycles. The Bertz CT molecular complexity index is 487. The molecular weight excluding hydrogens is 331 g/mol. The van der Waals surface area contributed by atoms with E-state index < -0.39 is 24.3 Å². The summed E-state index contributed by atoms with van der Waals surface area (Å²) in [6.07, 6.45) is -7.81. The highest BCUT2D eigenvalue weighted by molar-refractivity contribution is 9.10. The van der Waals surface area contributed by atoms with Crippen LogP contribution in [-0.2, 0) is 0 Å². The molecule has 104 valence electrons. The molecule has 0 aliphatic carbocycles. The molecule has 0 bridgehead atoms. The number of alkyl halides is 3. The summed E-state index contributed by atoms with van der Waals surface area (Å²) in [7, 11) is 0. The minimum atomic E-state index is -4.81. The molecule has 19 heavy (non-hydrogen) atoms. The van der Waals surface area contributed by atoms with Crippen molar-refractivity contribution in [3.05, 3.63) is 28.2 Å². The van der Waals surface area contributed by atoms with Gasteiger partial charge < -0.3 is 14.9 Å². The van der Waals surface area contributed by atoms with Crippen molar-refractivity contribution in [1.82, 2.24) is 0 Å². The van der Waals surface area contributed by atoms with Gasteiger partial charge in [0.2, 0.25) is 0 Å². The van der Waals surface area contributed by atoms with E-state index in [-0.39, 0.29) is 16.5 Å². The van der Waals surface area contributed by atoms with Crippen molar-refractivity contribution < 1.29 is 28.1 Å². The van der Waals surface area contributed by atoms with E-state index in [1.165, 1.54) is 6.07 Å². The molecule has 0 heterocycles. The van der Waals surface area contributed by atoms with Gasteiger partial charge in [0.05, 0.1) is 18.6 Å². The van der Waals surface area contributed by atoms with E-state index in [2.05, 4.69) is 20.7 Å². The molecule has 1 aromatic carbocycles. The third kappa shape index (κ3) is 4.70. The average molecular weight is 340 g/mol. The standard InChI is InChI=1S/C11H9BrF3NO3/c12-8-5-6(19-11(13,14)15)1-2-7(8)10(18)9(17)3-4-16/h1-2,5,9-10,17-18H,3H2. The number of ether oxygens (including phenoxy) is 1. The zero-order valence-corrected chi connectivity index (χ0v) is 10.9. The Morgan fingerprint density at radius 2 is 2.00 bits per heavy atom. The predicted molar refractivity (Wildman–Crippen MR) is 62.0 cm³/mol. The summed E-state index contributed by atoms with van der Waals surface area (Å²) in [6, 6.07) is 4.89. The van der Waals surface area contributed by atoms with E-state index in [0.29, 0.717) is 0 Å². The van der Waals surface area contributed by atoms with E-state index in [9.17, 15) is 23.4 Å². The zero-order chi connectivity index (χ0) is 14.6. The van der Waals surface area contributed by atoms with Gasteiger partial charge in [-0.2, -0.15) is 5.26 Å². The van der Waals surface area contributed by atoms with Crippen molar-refractivity contribution >= 4 is 15.9 Å². The van der Waals surface area contributed by atoms with Crippen molar-refractivity contribution in [2.24, 2.45) is 0 Å². The Balaban J connectivity index is 2.92. The highest BCUT2D eigenvalue weighted by Gasteiger charge is 2.31. The van der Waals surface area contributed by atoms with E-state index in [1.807, 2.05) is 0 Å². The Morgan fingerprint density at radius 3 is 2.47 bits per heavy atom. The third-order valence-corrected chi connectivity index (χ3v) is 2.88. The van der Waals surface area contributed by atoms with Crippen molar-refractivity contribution in [3.63, 3.8) is 0 Å². The van der Waals surface area contributed by atoms with Gasteiger partial charge in [-0.15, -0.1) is 13.2 Å². The maximum absolute atomic E-state index is 12.0. The molecule has 0 aromatic heterocycles. The van der Waals surface area contributed by atoms with Crippen molar-refractivity contribution in [1.29, 1.82) is 5.26 Å². The Labute approximate surface area is 115 Å². The number of benzene rings is 1. The minimum Gasteiger partial charge on any atom is -0.406 e. The minimum absolute atomic E-state index is 0.138. The number of hydrogen-bond acceptors (Lipinski definition) is 4. The molecule has 0 saturated carbocycles. The number of hydrogen-bond donors (Lipinski definition) is 2. The molecule has 0 spiro atoms. The lowest BCUT2D eigenvalue weighted by Gasteiger charge is -2.18. The number of aliphatic hydroxyl groups excluding tert-OH is 2. The fourth-order valence-corrected chi connectivity index (χ4v) is 1.95. The Kier molecular flexibility index (Phi) is 5.17. The summed E-state index contributed by atoms with van der Waals surface area (Å²) in [5.41, 5.74) is 0.164. The van der Waals surface area contributed by atoms with Crippen LogP contribution in [0.5, 0.6) is 5.75 Å². The van der Waals surface area contributed by atoms with Gasteiger partial charge in [0.15, 0.2) is 0 Å². The van der Waals surface area contributed by atoms with Gasteiger partial charge in [-0.1, -0.05) is 22.0 Å². The van der Waals surface area contributed by atoms with Gasteiger partial charge in [0.1, 0.15) is 11.9 Å². The average Bonchev–Trinajstić information content (AvgIpc) is 2.26. The fraction of sp³-hybridized carbons (Fsp3) is 0.364. The number of nitrogens with zero attached hydrogens (tertiary/aromatic N) is 1. The molecule has 1 rings (SSSR count). The normalized spacial score (nSPS) is 14.6. The maximum atomic E-state index is 12.0. The van der Waals surface area contributed by atoms with Gasteiger partial charge in [-0.25, -0.2) is 0 Å². The van der Waals surface area contributed by atoms with Crippen molar-refractivity contribution in [2.45, 2.75) is 25.0 Å². The highest BCUT2D eigenvalue weighted by Crippen LogP contribution is 2.32. The van der Waals surface area contributed by atoms with E-state index in [1.54, 1.807) is 6.07 Å². The first kappa shape index (κ1) is 15.8. The molecule has 0 radical (unpaired) electrons. The van der Waals surface area contributed by atoms with Crippen LogP contribution in [0.25, 0.3) is 0 Å². The molecule has 2 atom stereocenters. The smallest absolute Gasteiger partial charge is 0.406 e. The molecule has 2 unspecified atom stereocenters. The lowest BCUT2D eigenvalue weighted by molar-refractivity contribution is -0.274. The monoisotopic (exact) mass is 339 g/mol. The van der Waals surface area contributed by atoms with Crippen LogP contribution >= 0.6 is 15.9 Å². The molecule has 2 N–H and O–H groups in total. The Morgan fingerprint density at radius 1 is 1.37 bits per heavy atom. The molecule has 8 heteroatoms. The molecule has 0 saturated heterocycles. The first-order valence-electron chi connectivity index (χ1n) is 5.03. The van der Waals surface area contributed by atoms with Crippen LogP contribution in [0.2, 0.25) is 0 Å². The SMILES string of the molecule is N#CCC(O)C(O)c1ccc(OC(F)(F)F)cc1Br. The highest BCUT2D eigenvalue weighted by atomic mass is 79.9.